The minimum absolute atomic E-state index is 0.0175. The van der Waals surface area contributed by atoms with Gasteiger partial charge >= 0.3 is 0 Å². The number of rotatable bonds is 3. The number of hydrogen-bond acceptors (Lipinski definition) is 2. The first-order valence-corrected chi connectivity index (χ1v) is 5.77. The molecule has 0 aliphatic rings. The van der Waals surface area contributed by atoms with E-state index in [0.717, 1.165) is 0 Å². The fraction of sp³-hybridized carbons (Fsp3) is 0.0714. The number of nitrogen functional groups attached to an aromatic ring is 1. The molecule has 2 aromatic rings. The van der Waals surface area contributed by atoms with Gasteiger partial charge in [-0.1, -0.05) is 11.6 Å². The molecule has 2 N–H and O–H groups in total. The van der Waals surface area contributed by atoms with Crippen LogP contribution in [0.5, 0.6) is 0 Å². The van der Waals surface area contributed by atoms with Gasteiger partial charge in [-0.25, -0.2) is 4.39 Å². The quantitative estimate of drug-likeness (QED) is 0.680. The Kier molecular flexibility index (Phi) is 3.63. The fourth-order valence-electron chi connectivity index (χ4n) is 1.62. The van der Waals surface area contributed by atoms with Crippen LogP contribution in [0.25, 0.3) is 0 Å². The molecular weight excluding hydrogens is 253 g/mol. The highest BCUT2D eigenvalue weighted by Crippen LogP contribution is 2.17. The van der Waals surface area contributed by atoms with Crippen LogP contribution in [0.4, 0.5) is 10.1 Å². The van der Waals surface area contributed by atoms with Gasteiger partial charge in [0.15, 0.2) is 5.78 Å². The minimum atomic E-state index is -0.428. The number of Topliss-reactive ketones (excluding diaryl/α,β-unsaturated/α-hetero) is 1. The summed E-state index contributed by atoms with van der Waals surface area (Å²) in [4.78, 5) is 11.9. The lowest BCUT2D eigenvalue weighted by Gasteiger charge is -2.04. The number of hydrogen-bond donors (Lipinski definition) is 1. The standard InChI is InChI=1S/C14H11ClFNO/c15-11-3-6-13(16)10(7-11)8-14(18)9-1-4-12(17)5-2-9/h1-7H,8,17H2. The van der Waals surface area contributed by atoms with Crippen LogP contribution < -0.4 is 5.73 Å². The highest BCUT2D eigenvalue weighted by atomic mass is 35.5. The Morgan fingerprint density at radius 3 is 2.50 bits per heavy atom. The van der Waals surface area contributed by atoms with Gasteiger partial charge in [0.1, 0.15) is 5.82 Å². The van der Waals surface area contributed by atoms with Crippen LogP contribution in [0.2, 0.25) is 5.02 Å². The lowest BCUT2D eigenvalue weighted by atomic mass is 10.0. The molecule has 2 aromatic carbocycles. The van der Waals surface area contributed by atoms with Crippen molar-refractivity contribution in [2.75, 3.05) is 5.73 Å². The second-order valence-corrected chi connectivity index (χ2v) is 4.39. The number of carbonyl (C=O) groups excluding carboxylic acids is 1. The zero-order chi connectivity index (χ0) is 13.1. The summed E-state index contributed by atoms with van der Waals surface area (Å²) >= 11 is 5.77. The number of halogens is 2. The Morgan fingerprint density at radius 2 is 1.83 bits per heavy atom. The van der Waals surface area contributed by atoms with Crippen molar-refractivity contribution in [2.24, 2.45) is 0 Å². The molecular formula is C14H11ClFNO. The lowest BCUT2D eigenvalue weighted by molar-refractivity contribution is 0.0992. The fourth-order valence-corrected chi connectivity index (χ4v) is 1.82. The Morgan fingerprint density at radius 1 is 1.17 bits per heavy atom. The molecule has 0 fully saturated rings. The molecule has 0 atom stereocenters. The second-order valence-electron chi connectivity index (χ2n) is 3.96. The van der Waals surface area contributed by atoms with Crippen LogP contribution in [0.1, 0.15) is 15.9 Å². The average Bonchev–Trinajstić information content (AvgIpc) is 2.34. The van der Waals surface area contributed by atoms with Crippen LogP contribution in [-0.4, -0.2) is 5.78 Å². The molecule has 0 amide bonds. The normalized spacial score (nSPS) is 10.3. The average molecular weight is 264 g/mol. The van der Waals surface area contributed by atoms with Gasteiger partial charge in [-0.15, -0.1) is 0 Å². The molecule has 0 saturated carbocycles. The van der Waals surface area contributed by atoms with E-state index in [0.29, 0.717) is 21.8 Å². The van der Waals surface area contributed by atoms with E-state index in [2.05, 4.69) is 0 Å². The maximum Gasteiger partial charge on any atom is 0.167 e. The zero-order valence-electron chi connectivity index (χ0n) is 9.49. The number of nitrogens with two attached hydrogens (primary N) is 1. The van der Waals surface area contributed by atoms with Crippen molar-refractivity contribution in [3.05, 3.63) is 64.4 Å². The van der Waals surface area contributed by atoms with Crippen LogP contribution >= 0.6 is 11.6 Å². The second kappa shape index (κ2) is 5.19. The van der Waals surface area contributed by atoms with Gasteiger partial charge in [0, 0.05) is 22.7 Å². The third kappa shape index (κ3) is 2.87. The van der Waals surface area contributed by atoms with Crippen LogP contribution in [0.3, 0.4) is 0 Å². The van der Waals surface area contributed by atoms with Crippen molar-refractivity contribution < 1.29 is 9.18 Å². The van der Waals surface area contributed by atoms with E-state index in [-0.39, 0.29) is 12.2 Å². The van der Waals surface area contributed by atoms with E-state index < -0.39 is 5.82 Å². The highest BCUT2D eigenvalue weighted by molar-refractivity contribution is 6.30. The van der Waals surface area contributed by atoms with Crippen molar-refractivity contribution in [1.29, 1.82) is 0 Å². The Hall–Kier alpha value is -1.87. The van der Waals surface area contributed by atoms with E-state index in [4.69, 9.17) is 17.3 Å². The summed E-state index contributed by atoms with van der Waals surface area (Å²) in [6, 6.07) is 10.7. The molecule has 2 rings (SSSR count). The highest BCUT2D eigenvalue weighted by Gasteiger charge is 2.10. The van der Waals surface area contributed by atoms with E-state index in [1.54, 1.807) is 24.3 Å². The predicted octanol–water partition coefficient (Wildman–Crippen LogP) is 3.49. The Labute approximate surface area is 109 Å². The summed E-state index contributed by atoms with van der Waals surface area (Å²) in [5.74, 6) is -0.598. The molecule has 0 aromatic heterocycles. The largest absolute Gasteiger partial charge is 0.399 e. The van der Waals surface area contributed by atoms with Crippen LogP contribution in [0.15, 0.2) is 42.5 Å². The first-order chi connectivity index (χ1) is 8.56. The van der Waals surface area contributed by atoms with Gasteiger partial charge in [0.05, 0.1) is 0 Å². The first kappa shape index (κ1) is 12.6. The number of ketones is 1. The summed E-state index contributed by atoms with van der Waals surface area (Å²) < 4.78 is 13.5. The van der Waals surface area contributed by atoms with Gasteiger partial charge in [0.2, 0.25) is 0 Å². The molecule has 0 bridgehead atoms. The van der Waals surface area contributed by atoms with Gasteiger partial charge < -0.3 is 5.73 Å². The molecule has 0 aliphatic heterocycles. The molecule has 4 heteroatoms. The number of anilines is 1. The smallest absolute Gasteiger partial charge is 0.167 e. The van der Waals surface area contributed by atoms with Crippen molar-refractivity contribution in [2.45, 2.75) is 6.42 Å². The maximum atomic E-state index is 13.5. The van der Waals surface area contributed by atoms with Crippen LogP contribution in [-0.2, 0) is 6.42 Å². The van der Waals surface area contributed by atoms with Crippen molar-refractivity contribution in [3.8, 4) is 0 Å². The third-order valence-corrected chi connectivity index (χ3v) is 2.83. The lowest BCUT2D eigenvalue weighted by Crippen LogP contribution is -2.05. The van der Waals surface area contributed by atoms with Gasteiger partial charge in [-0.3, -0.25) is 4.79 Å². The van der Waals surface area contributed by atoms with E-state index in [1.165, 1.54) is 18.2 Å². The zero-order valence-corrected chi connectivity index (χ0v) is 10.2. The van der Waals surface area contributed by atoms with Gasteiger partial charge in [-0.05, 0) is 48.0 Å². The minimum Gasteiger partial charge on any atom is -0.399 e. The topological polar surface area (TPSA) is 43.1 Å². The summed E-state index contributed by atoms with van der Waals surface area (Å²) in [6.45, 7) is 0. The molecule has 0 aliphatic carbocycles. The Bertz CT molecular complexity index is 581. The van der Waals surface area contributed by atoms with Gasteiger partial charge in [-0.2, -0.15) is 0 Å². The van der Waals surface area contributed by atoms with E-state index in [9.17, 15) is 9.18 Å². The number of carbonyl (C=O) groups is 1. The predicted molar refractivity (Wildman–Crippen MR) is 70.3 cm³/mol. The van der Waals surface area contributed by atoms with Crippen molar-refractivity contribution >= 4 is 23.1 Å². The first-order valence-electron chi connectivity index (χ1n) is 5.39. The SMILES string of the molecule is Nc1ccc(C(=O)Cc2cc(Cl)ccc2F)cc1. The molecule has 0 spiro atoms. The molecule has 18 heavy (non-hydrogen) atoms. The van der Waals surface area contributed by atoms with E-state index >= 15 is 0 Å². The summed E-state index contributed by atoms with van der Waals surface area (Å²) in [5.41, 5.74) is 6.92. The van der Waals surface area contributed by atoms with Gasteiger partial charge in [0.25, 0.3) is 0 Å². The maximum absolute atomic E-state index is 13.5. The van der Waals surface area contributed by atoms with Crippen LogP contribution in [0, 0.1) is 5.82 Å². The monoisotopic (exact) mass is 263 g/mol. The van der Waals surface area contributed by atoms with E-state index in [1.807, 2.05) is 0 Å². The molecule has 0 heterocycles. The molecule has 0 saturated heterocycles. The summed E-state index contributed by atoms with van der Waals surface area (Å²) in [7, 11) is 0. The Balaban J connectivity index is 2.21. The summed E-state index contributed by atoms with van der Waals surface area (Å²) in [5, 5.41) is 0.413. The molecule has 0 unspecified atom stereocenters. The van der Waals surface area contributed by atoms with Crippen molar-refractivity contribution in [3.63, 3.8) is 0 Å². The summed E-state index contributed by atoms with van der Waals surface area (Å²) in [6.07, 6.45) is -0.0175. The number of benzene rings is 2. The molecule has 0 radical (unpaired) electrons. The van der Waals surface area contributed by atoms with Crippen molar-refractivity contribution in [1.82, 2.24) is 0 Å². The molecule has 92 valence electrons. The molecule has 2 nitrogen and oxygen atoms in total. The third-order valence-electron chi connectivity index (χ3n) is 2.59.